The molecule has 0 aliphatic carbocycles. The molecular formula is C12H18O2. The summed E-state index contributed by atoms with van der Waals surface area (Å²) in [6.45, 7) is 4.41. The van der Waals surface area contributed by atoms with E-state index in [1.54, 1.807) is 7.11 Å². The van der Waals surface area contributed by atoms with Crippen LogP contribution in [-0.2, 0) is 10.3 Å². The number of aryl methyl sites for hydroxylation is 1. The number of hydrogen-bond donors (Lipinski definition) is 1. The maximum Gasteiger partial charge on any atom is 0.0890 e. The molecule has 0 fully saturated rings. The van der Waals surface area contributed by atoms with E-state index in [1.165, 1.54) is 5.56 Å². The van der Waals surface area contributed by atoms with Crippen LogP contribution in [0, 0.1) is 6.92 Å². The fourth-order valence-corrected chi connectivity index (χ4v) is 1.43. The van der Waals surface area contributed by atoms with Gasteiger partial charge in [-0.05, 0) is 19.4 Å². The van der Waals surface area contributed by atoms with Crippen molar-refractivity contribution in [2.45, 2.75) is 25.9 Å². The summed E-state index contributed by atoms with van der Waals surface area (Å²) in [7, 11) is 1.65. The maximum atomic E-state index is 10.2. The molecule has 0 saturated carbocycles. The van der Waals surface area contributed by atoms with Crippen molar-refractivity contribution >= 4 is 0 Å². The van der Waals surface area contributed by atoms with Crippen molar-refractivity contribution in [2.24, 2.45) is 0 Å². The highest BCUT2D eigenvalue weighted by molar-refractivity contribution is 5.26. The van der Waals surface area contributed by atoms with Gasteiger partial charge in [-0.2, -0.15) is 0 Å². The summed E-state index contributed by atoms with van der Waals surface area (Å²) in [5.41, 5.74) is 1.33. The molecule has 2 nitrogen and oxygen atoms in total. The van der Waals surface area contributed by atoms with Crippen LogP contribution in [0.1, 0.15) is 24.5 Å². The highest BCUT2D eigenvalue weighted by atomic mass is 16.5. The number of hydrogen-bond acceptors (Lipinski definition) is 2. The molecule has 0 aliphatic rings. The number of ether oxygens (including phenoxy) is 1. The third-order valence-electron chi connectivity index (χ3n) is 2.43. The van der Waals surface area contributed by atoms with E-state index in [2.05, 4.69) is 0 Å². The van der Waals surface area contributed by atoms with Gasteiger partial charge in [0.05, 0.1) is 5.60 Å². The highest BCUT2D eigenvalue weighted by Gasteiger charge is 2.22. The lowest BCUT2D eigenvalue weighted by atomic mass is 9.92. The Morgan fingerprint density at radius 1 is 1.43 bits per heavy atom. The minimum atomic E-state index is -0.790. The molecule has 1 aromatic carbocycles. The normalized spacial score (nSPS) is 15.1. The Kier molecular flexibility index (Phi) is 3.67. The Labute approximate surface area is 85.5 Å². The molecule has 0 saturated heterocycles. The van der Waals surface area contributed by atoms with Crippen LogP contribution in [0.3, 0.4) is 0 Å². The fraction of sp³-hybridized carbons (Fsp3) is 0.500. The van der Waals surface area contributed by atoms with Crippen LogP contribution in [-0.4, -0.2) is 18.8 Å². The second kappa shape index (κ2) is 4.58. The van der Waals surface area contributed by atoms with Crippen molar-refractivity contribution in [3.63, 3.8) is 0 Å². The molecule has 1 rings (SSSR count). The number of benzene rings is 1. The first kappa shape index (κ1) is 11.2. The molecule has 2 heteroatoms. The fourth-order valence-electron chi connectivity index (χ4n) is 1.43. The monoisotopic (exact) mass is 194 g/mol. The van der Waals surface area contributed by atoms with Gasteiger partial charge < -0.3 is 9.84 Å². The lowest BCUT2D eigenvalue weighted by molar-refractivity contribution is 0.0210. The Balaban J connectivity index is 2.80. The van der Waals surface area contributed by atoms with E-state index in [-0.39, 0.29) is 0 Å². The summed E-state index contributed by atoms with van der Waals surface area (Å²) in [5.74, 6) is 0. The van der Waals surface area contributed by atoms with Gasteiger partial charge in [0.25, 0.3) is 0 Å². The zero-order chi connectivity index (χ0) is 10.6. The van der Waals surface area contributed by atoms with Crippen molar-refractivity contribution in [1.82, 2.24) is 0 Å². The topological polar surface area (TPSA) is 29.5 Å². The average molecular weight is 194 g/mol. The van der Waals surface area contributed by atoms with Gasteiger partial charge in [-0.3, -0.25) is 0 Å². The minimum absolute atomic E-state index is 0.570. The summed E-state index contributed by atoms with van der Waals surface area (Å²) >= 11 is 0. The minimum Gasteiger partial charge on any atom is -0.385 e. The van der Waals surface area contributed by atoms with Gasteiger partial charge in [0, 0.05) is 20.1 Å². The first-order chi connectivity index (χ1) is 6.56. The van der Waals surface area contributed by atoms with Crippen molar-refractivity contribution in [3.05, 3.63) is 35.4 Å². The van der Waals surface area contributed by atoms with E-state index < -0.39 is 5.60 Å². The quantitative estimate of drug-likeness (QED) is 0.796. The van der Waals surface area contributed by atoms with E-state index in [1.807, 2.05) is 38.1 Å². The largest absolute Gasteiger partial charge is 0.385 e. The first-order valence-electron chi connectivity index (χ1n) is 4.85. The lowest BCUT2D eigenvalue weighted by Gasteiger charge is -2.23. The van der Waals surface area contributed by atoms with E-state index in [0.29, 0.717) is 13.0 Å². The molecule has 0 amide bonds. The molecule has 14 heavy (non-hydrogen) atoms. The van der Waals surface area contributed by atoms with Crippen LogP contribution in [0.2, 0.25) is 0 Å². The number of rotatable bonds is 4. The maximum absolute atomic E-state index is 10.2. The van der Waals surface area contributed by atoms with E-state index in [9.17, 15) is 5.11 Å². The van der Waals surface area contributed by atoms with Gasteiger partial charge >= 0.3 is 0 Å². The highest BCUT2D eigenvalue weighted by Crippen LogP contribution is 2.24. The van der Waals surface area contributed by atoms with Crippen LogP contribution >= 0.6 is 0 Å². The van der Waals surface area contributed by atoms with Gasteiger partial charge in [-0.25, -0.2) is 0 Å². The molecule has 0 aromatic heterocycles. The van der Waals surface area contributed by atoms with Crippen molar-refractivity contribution in [3.8, 4) is 0 Å². The van der Waals surface area contributed by atoms with Crippen molar-refractivity contribution in [1.29, 1.82) is 0 Å². The Hall–Kier alpha value is -0.860. The van der Waals surface area contributed by atoms with Crippen LogP contribution in [0.25, 0.3) is 0 Å². The molecule has 0 bridgehead atoms. The molecule has 0 spiro atoms. The second-order valence-electron chi connectivity index (χ2n) is 3.89. The van der Waals surface area contributed by atoms with Gasteiger partial charge in [-0.15, -0.1) is 0 Å². The molecule has 1 unspecified atom stereocenters. The summed E-state index contributed by atoms with van der Waals surface area (Å²) < 4.78 is 4.97. The van der Waals surface area contributed by atoms with Crippen LogP contribution in [0.5, 0.6) is 0 Å². The van der Waals surface area contributed by atoms with E-state index >= 15 is 0 Å². The standard InChI is InChI=1S/C12H18O2/c1-10-5-4-6-11(9-10)12(2,13)7-8-14-3/h4-6,9,13H,7-8H2,1-3H3. The summed E-state index contributed by atoms with van der Waals surface area (Å²) in [5, 5.41) is 10.2. The number of methoxy groups -OCH3 is 1. The molecule has 1 atom stereocenters. The van der Waals surface area contributed by atoms with Gasteiger partial charge in [0.15, 0.2) is 0 Å². The molecule has 0 heterocycles. The predicted octanol–water partition coefficient (Wildman–Crippen LogP) is 2.24. The van der Waals surface area contributed by atoms with Crippen LogP contribution in [0.15, 0.2) is 24.3 Å². The molecule has 1 N–H and O–H groups in total. The third kappa shape index (κ3) is 2.82. The van der Waals surface area contributed by atoms with Gasteiger partial charge in [-0.1, -0.05) is 29.8 Å². The summed E-state index contributed by atoms with van der Waals surface area (Å²) in [4.78, 5) is 0. The second-order valence-corrected chi connectivity index (χ2v) is 3.89. The average Bonchev–Trinajstić information content (AvgIpc) is 2.15. The summed E-state index contributed by atoms with van der Waals surface area (Å²) in [6, 6.07) is 7.94. The smallest absolute Gasteiger partial charge is 0.0890 e. The number of aliphatic hydroxyl groups is 1. The summed E-state index contributed by atoms with van der Waals surface area (Å²) in [6.07, 6.45) is 0.618. The van der Waals surface area contributed by atoms with E-state index in [0.717, 1.165) is 5.56 Å². The first-order valence-corrected chi connectivity index (χ1v) is 4.85. The van der Waals surface area contributed by atoms with Crippen LogP contribution < -0.4 is 0 Å². The lowest BCUT2D eigenvalue weighted by Crippen LogP contribution is -2.23. The van der Waals surface area contributed by atoms with Gasteiger partial charge in [0.1, 0.15) is 0 Å². The SMILES string of the molecule is COCCC(C)(O)c1cccc(C)c1. The van der Waals surface area contributed by atoms with Crippen molar-refractivity contribution in [2.75, 3.05) is 13.7 Å². The zero-order valence-electron chi connectivity index (χ0n) is 9.08. The molecular weight excluding hydrogens is 176 g/mol. The third-order valence-corrected chi connectivity index (χ3v) is 2.43. The zero-order valence-corrected chi connectivity index (χ0v) is 9.08. The molecule has 0 radical (unpaired) electrons. The Morgan fingerprint density at radius 3 is 2.71 bits per heavy atom. The van der Waals surface area contributed by atoms with Gasteiger partial charge in [0.2, 0.25) is 0 Å². The molecule has 0 aliphatic heterocycles. The predicted molar refractivity (Wildman–Crippen MR) is 57.2 cm³/mol. The van der Waals surface area contributed by atoms with E-state index in [4.69, 9.17) is 4.74 Å². The molecule has 1 aromatic rings. The molecule has 78 valence electrons. The Bertz CT molecular complexity index is 292. The van der Waals surface area contributed by atoms with Crippen molar-refractivity contribution < 1.29 is 9.84 Å². The Morgan fingerprint density at radius 2 is 2.14 bits per heavy atom. The van der Waals surface area contributed by atoms with Crippen LogP contribution in [0.4, 0.5) is 0 Å².